The highest BCUT2D eigenvalue weighted by Gasteiger charge is 2.22. The van der Waals surface area contributed by atoms with Crippen molar-refractivity contribution in [2.45, 2.75) is 43.2 Å². The maximum absolute atomic E-state index is 13.0. The van der Waals surface area contributed by atoms with E-state index in [4.69, 9.17) is 4.42 Å². The van der Waals surface area contributed by atoms with Crippen LogP contribution in [0.3, 0.4) is 0 Å². The molecular weight excluding hydrogens is 424 g/mol. The molecule has 29 heavy (non-hydrogen) atoms. The van der Waals surface area contributed by atoms with E-state index in [-0.39, 0.29) is 5.91 Å². The van der Waals surface area contributed by atoms with Gasteiger partial charge in [-0.1, -0.05) is 54.6 Å². The van der Waals surface area contributed by atoms with Crippen molar-refractivity contribution in [3.05, 3.63) is 51.7 Å². The summed E-state index contributed by atoms with van der Waals surface area (Å²) in [6.07, 6.45) is 3.04. The summed E-state index contributed by atoms with van der Waals surface area (Å²) in [7, 11) is 0. The van der Waals surface area contributed by atoms with Gasteiger partial charge in [-0.3, -0.25) is 10.1 Å². The molecule has 1 amide bonds. The van der Waals surface area contributed by atoms with Gasteiger partial charge in [-0.15, -0.1) is 21.5 Å². The predicted molar refractivity (Wildman–Crippen MR) is 119 cm³/mol. The van der Waals surface area contributed by atoms with Crippen LogP contribution in [0.25, 0.3) is 11.0 Å². The normalized spacial score (nSPS) is 11.2. The van der Waals surface area contributed by atoms with Crippen LogP contribution in [-0.4, -0.2) is 21.1 Å². The standard InChI is InChI=1S/C20H20N4O2S3/c1-3-4-9-16-23-24-19(29-16)22-18(25)17-14(11-28-20-21-12(2)10-27-20)13-7-5-6-8-15(13)26-17/h5-8,10H,3-4,9,11H2,1-2H3,(H,22,24,25). The van der Waals surface area contributed by atoms with Crippen molar-refractivity contribution < 1.29 is 9.21 Å². The van der Waals surface area contributed by atoms with Crippen molar-refractivity contribution in [3.63, 3.8) is 0 Å². The predicted octanol–water partition coefficient (Wildman–Crippen LogP) is 5.94. The molecule has 6 nitrogen and oxygen atoms in total. The number of aryl methyl sites for hydroxylation is 2. The lowest BCUT2D eigenvalue weighted by Gasteiger charge is -2.02. The van der Waals surface area contributed by atoms with Crippen LogP contribution in [0.5, 0.6) is 0 Å². The number of aromatic nitrogens is 3. The third kappa shape index (κ3) is 4.68. The molecule has 0 saturated heterocycles. The van der Waals surface area contributed by atoms with Gasteiger partial charge in [0, 0.05) is 34.2 Å². The van der Waals surface area contributed by atoms with Crippen LogP contribution in [0.2, 0.25) is 0 Å². The molecule has 0 aliphatic carbocycles. The third-order valence-corrected chi connectivity index (χ3v) is 7.34. The first kappa shape index (κ1) is 20.1. The molecule has 0 fully saturated rings. The molecule has 4 rings (SSSR count). The van der Waals surface area contributed by atoms with Gasteiger partial charge in [0.2, 0.25) is 5.13 Å². The minimum absolute atomic E-state index is 0.301. The Hall–Kier alpha value is -2.23. The number of anilines is 1. The Balaban J connectivity index is 1.56. The van der Waals surface area contributed by atoms with Crippen LogP contribution < -0.4 is 5.32 Å². The Morgan fingerprint density at radius 2 is 2.14 bits per heavy atom. The number of furan rings is 1. The van der Waals surface area contributed by atoms with Crippen LogP contribution >= 0.6 is 34.4 Å². The quantitative estimate of drug-likeness (QED) is 0.339. The zero-order chi connectivity index (χ0) is 20.2. The van der Waals surface area contributed by atoms with Crippen molar-refractivity contribution in [3.8, 4) is 0 Å². The Labute approximate surface area is 180 Å². The lowest BCUT2D eigenvalue weighted by molar-refractivity contribution is 0.0997. The van der Waals surface area contributed by atoms with Crippen molar-refractivity contribution in [2.24, 2.45) is 0 Å². The Morgan fingerprint density at radius 1 is 1.28 bits per heavy atom. The molecule has 4 aromatic rings. The highest BCUT2D eigenvalue weighted by molar-refractivity contribution is 8.00. The van der Waals surface area contributed by atoms with E-state index in [1.165, 1.54) is 11.3 Å². The largest absolute Gasteiger partial charge is 0.451 e. The van der Waals surface area contributed by atoms with Crippen LogP contribution in [0.4, 0.5) is 5.13 Å². The molecule has 3 heterocycles. The second kappa shape index (κ2) is 9.06. The van der Waals surface area contributed by atoms with Gasteiger partial charge in [0.05, 0.1) is 0 Å². The van der Waals surface area contributed by atoms with Gasteiger partial charge in [0.1, 0.15) is 14.9 Å². The molecule has 3 aromatic heterocycles. The Bertz CT molecular complexity index is 1130. The molecule has 9 heteroatoms. The molecule has 150 valence electrons. The van der Waals surface area contributed by atoms with Crippen LogP contribution in [-0.2, 0) is 12.2 Å². The molecular formula is C20H20N4O2S3. The molecule has 0 saturated carbocycles. The number of carbonyl (C=O) groups is 1. The van der Waals surface area contributed by atoms with E-state index in [9.17, 15) is 4.79 Å². The zero-order valence-electron chi connectivity index (χ0n) is 16.1. The number of thioether (sulfide) groups is 1. The number of thiazole rings is 1. The number of hydrogen-bond donors (Lipinski definition) is 1. The molecule has 0 radical (unpaired) electrons. The second-order valence-corrected chi connectivity index (χ2v) is 9.65. The van der Waals surface area contributed by atoms with E-state index in [1.807, 2.05) is 36.6 Å². The number of benzene rings is 1. The number of nitrogens with one attached hydrogen (secondary N) is 1. The fraction of sp³-hybridized carbons (Fsp3) is 0.300. The number of nitrogens with zero attached hydrogens (tertiary/aromatic N) is 3. The molecule has 0 bridgehead atoms. The topological polar surface area (TPSA) is 80.9 Å². The fourth-order valence-electron chi connectivity index (χ4n) is 2.85. The number of amides is 1. The molecule has 0 unspecified atom stereocenters. The van der Waals surface area contributed by atoms with Gasteiger partial charge in [-0.2, -0.15) is 0 Å². The molecule has 0 atom stereocenters. The van der Waals surface area contributed by atoms with Crippen LogP contribution in [0, 0.1) is 6.92 Å². The average Bonchev–Trinajstić information content (AvgIpc) is 3.43. The summed E-state index contributed by atoms with van der Waals surface area (Å²) in [5.41, 5.74) is 2.57. The Morgan fingerprint density at radius 3 is 2.93 bits per heavy atom. The van der Waals surface area contributed by atoms with E-state index in [1.54, 1.807) is 23.1 Å². The maximum Gasteiger partial charge on any atom is 0.293 e. The van der Waals surface area contributed by atoms with Crippen LogP contribution in [0.1, 0.15) is 46.6 Å². The van der Waals surface area contributed by atoms with Crippen molar-refractivity contribution in [1.29, 1.82) is 0 Å². The average molecular weight is 445 g/mol. The lowest BCUT2D eigenvalue weighted by atomic mass is 10.1. The number of unbranched alkanes of at least 4 members (excludes halogenated alkanes) is 1. The SMILES string of the molecule is CCCCc1nnc(NC(=O)c2oc3ccccc3c2CSc2nc(C)cs2)s1. The summed E-state index contributed by atoms with van der Waals surface area (Å²) >= 11 is 4.63. The monoisotopic (exact) mass is 444 g/mol. The summed E-state index contributed by atoms with van der Waals surface area (Å²) < 4.78 is 6.89. The van der Waals surface area contributed by atoms with Gasteiger partial charge in [-0.25, -0.2) is 4.98 Å². The van der Waals surface area contributed by atoms with Gasteiger partial charge in [-0.05, 0) is 19.4 Å². The molecule has 0 spiro atoms. The summed E-state index contributed by atoms with van der Waals surface area (Å²) in [5, 5.41) is 15.5. The molecule has 1 aromatic carbocycles. The maximum atomic E-state index is 13.0. The number of fused-ring (bicyclic) bond motifs is 1. The Kier molecular flexibility index (Phi) is 6.27. The molecule has 1 N–H and O–H groups in total. The van der Waals surface area contributed by atoms with E-state index in [0.29, 0.717) is 22.2 Å². The van der Waals surface area contributed by atoms with Crippen molar-refractivity contribution >= 4 is 56.4 Å². The van der Waals surface area contributed by atoms with Gasteiger partial charge >= 0.3 is 0 Å². The van der Waals surface area contributed by atoms with Crippen molar-refractivity contribution in [2.75, 3.05) is 5.32 Å². The zero-order valence-corrected chi connectivity index (χ0v) is 18.5. The van der Waals surface area contributed by atoms with Gasteiger partial charge in [0.25, 0.3) is 5.91 Å². The number of rotatable bonds is 8. The van der Waals surface area contributed by atoms with Crippen molar-refractivity contribution in [1.82, 2.24) is 15.2 Å². The fourth-order valence-corrected chi connectivity index (χ4v) is 5.50. The van der Waals surface area contributed by atoms with E-state index >= 15 is 0 Å². The smallest absolute Gasteiger partial charge is 0.293 e. The van der Waals surface area contributed by atoms with E-state index < -0.39 is 0 Å². The van der Waals surface area contributed by atoms with E-state index in [2.05, 4.69) is 27.4 Å². The summed E-state index contributed by atoms with van der Waals surface area (Å²) in [6.45, 7) is 4.11. The van der Waals surface area contributed by atoms with Crippen LogP contribution in [0.15, 0.2) is 38.4 Å². The highest BCUT2D eigenvalue weighted by Crippen LogP contribution is 2.33. The first-order valence-electron chi connectivity index (χ1n) is 9.33. The second-order valence-electron chi connectivity index (χ2n) is 6.51. The third-order valence-electron chi connectivity index (χ3n) is 4.27. The molecule has 0 aliphatic heterocycles. The summed E-state index contributed by atoms with van der Waals surface area (Å²) in [6, 6.07) is 7.71. The number of para-hydroxylation sites is 1. The minimum Gasteiger partial charge on any atom is -0.451 e. The van der Waals surface area contributed by atoms with E-state index in [0.717, 1.165) is 45.3 Å². The highest BCUT2D eigenvalue weighted by atomic mass is 32.2. The summed E-state index contributed by atoms with van der Waals surface area (Å²) in [4.78, 5) is 17.4. The molecule has 0 aliphatic rings. The summed E-state index contributed by atoms with van der Waals surface area (Å²) in [5.74, 6) is 0.618. The van der Waals surface area contributed by atoms with Gasteiger partial charge in [0.15, 0.2) is 5.76 Å². The first-order chi connectivity index (χ1) is 14.1. The first-order valence-corrected chi connectivity index (χ1v) is 12.0. The number of hydrogen-bond acceptors (Lipinski definition) is 8. The lowest BCUT2D eigenvalue weighted by Crippen LogP contribution is -2.12. The van der Waals surface area contributed by atoms with Gasteiger partial charge < -0.3 is 4.42 Å². The minimum atomic E-state index is -0.301. The number of carbonyl (C=O) groups excluding carboxylic acids is 1.